The summed E-state index contributed by atoms with van der Waals surface area (Å²) in [4.78, 5) is 25.7. The number of anilines is 2. The predicted molar refractivity (Wildman–Crippen MR) is 302 cm³/mol. The van der Waals surface area contributed by atoms with Crippen LogP contribution in [0, 0.1) is 0 Å². The second kappa shape index (κ2) is 8.71. The number of nitrogens with two attached hydrogens (primary N) is 1. The van der Waals surface area contributed by atoms with Gasteiger partial charge in [0.2, 0.25) is 5.95 Å². The summed E-state index contributed by atoms with van der Waals surface area (Å²) in [6.45, 7) is 8.58. The van der Waals surface area contributed by atoms with E-state index in [-0.39, 0.29) is 136 Å². The second-order valence-electron chi connectivity index (χ2n) is 7.36. The summed E-state index contributed by atoms with van der Waals surface area (Å²) < 4.78 is 16.7. The number of piperazine rings is 1. The van der Waals surface area contributed by atoms with Crippen molar-refractivity contribution in [2.75, 3.05) is 43.5 Å². The topological polar surface area (TPSA) is 107 Å². The lowest BCUT2D eigenvalue weighted by Crippen LogP contribution is -2.54. The maximum Gasteiger partial charge on any atom is 0.289 e. The number of rotatable bonds is 6. The molecule has 338 valence electrons. The van der Waals surface area contributed by atoms with Gasteiger partial charge in [0, 0.05) is 161 Å². The third-order valence-corrected chi connectivity index (χ3v) is 5.28. The lowest BCUT2D eigenvalue weighted by molar-refractivity contribution is 0.0693. The summed E-state index contributed by atoms with van der Waals surface area (Å²) in [5, 5.41) is 0.718. The number of benzene rings is 1. The number of carbonyl (C=O) groups excluding carboxylic acids is 1. The van der Waals surface area contributed by atoms with Crippen LogP contribution in [0.15, 0.2) is 34.9 Å². The van der Waals surface area contributed by atoms with Crippen LogP contribution in [0.25, 0.3) is 10.9 Å². The monoisotopic (exact) mass is 601 g/mol. The molecule has 1 aliphatic heterocycles. The number of hydrogen-bond donors (Lipinski definition) is 1. The molecule has 0 spiro atoms. The van der Waals surface area contributed by atoms with Crippen molar-refractivity contribution in [2.24, 2.45) is 0 Å². The molecule has 0 saturated carbocycles. The molecule has 0 radical (unpaired) electrons. The lowest BCUT2D eigenvalue weighted by atomic mass is 10.1. The van der Waals surface area contributed by atoms with Crippen molar-refractivity contribution >= 4 is 28.6 Å². The van der Waals surface area contributed by atoms with Crippen LogP contribution < -0.4 is 20.1 Å². The van der Waals surface area contributed by atoms with Gasteiger partial charge in [0.1, 0.15) is 5.82 Å². The molecular weight excluding hydrogens is 398 g/mol. The van der Waals surface area contributed by atoms with Crippen molar-refractivity contribution in [1.29, 1.82) is 0 Å². The first-order valence-corrected chi connectivity index (χ1v) is 10.5. The number of amides is 1. The number of nitrogens with zero attached hydrogens (tertiary/aromatic N) is 4. The molecule has 1 aliphatic rings. The molecule has 31 heavy (non-hydrogen) atoms. The van der Waals surface area contributed by atoms with Crippen molar-refractivity contribution in [2.45, 2.75) is 26.8 Å². The minimum absolute atomic E-state index is 0. The summed E-state index contributed by atoms with van der Waals surface area (Å²) in [7, 11) is 0. The highest BCUT2D eigenvalue weighted by molar-refractivity contribution is 5.92. The first kappa shape index (κ1) is 20.8. The van der Waals surface area contributed by atoms with Gasteiger partial charge >= 0.3 is 0 Å². The molecule has 1 saturated heterocycles. The number of nitrogen functional groups attached to an aromatic ring is 1. The second-order valence-corrected chi connectivity index (χ2v) is 7.36. The van der Waals surface area contributed by atoms with Crippen LogP contribution in [-0.4, -0.2) is 59.7 Å². The van der Waals surface area contributed by atoms with Crippen molar-refractivity contribution in [1.82, 2.24) is 14.9 Å². The lowest BCUT2D eigenvalue weighted by Gasteiger charge is -2.39. The number of hydrogen-bond acceptors (Lipinski definition) is 8. The van der Waals surface area contributed by atoms with E-state index in [1.165, 1.54) is 6.26 Å². The van der Waals surface area contributed by atoms with E-state index >= 15 is 0 Å². The number of carbonyl (C=O) groups is 1. The van der Waals surface area contributed by atoms with Crippen LogP contribution in [0.2, 0.25) is 0 Å². The van der Waals surface area contributed by atoms with Crippen molar-refractivity contribution < 1.29 is 143 Å². The van der Waals surface area contributed by atoms with Crippen LogP contribution in [0.5, 0.6) is 11.5 Å². The Morgan fingerprint density at radius 2 is 1.97 bits per heavy atom. The van der Waals surface area contributed by atoms with Crippen LogP contribution >= 0.6 is 0 Å². The standard InChI is InChI=1S/C22H27N5O4.87H2/c1-4-29-18-11-15-16(12-19(18)30-5-2)24-22(25-20(15)23)27-9-8-26(13-14(27)3)21(28)17-7-6-10-31-17;;;;;;;;;;;;;;;;;;;;;;;;;;;;;;;;;;;;;;;;;;;;;;;;;;;;;;;;;;;;;;;;;;;;;;;;;;;;;;;;;;;;;;;/h6-7,10-12,14H,4-5,8-9,13H2,1-3H3,(H2,23,24,25);87*1H. The first-order chi connectivity index (χ1) is 15.0. The predicted octanol–water partition coefficient (Wildman–Crippen LogP) is 24.4. The van der Waals surface area contributed by atoms with Gasteiger partial charge < -0.3 is 29.4 Å². The SMILES string of the molecule is CCOc1cc2nc(N3CCN(C(=O)c4ccco4)CC3C)nc(N)c2cc1OCC.[HH].[HH].[HH].[HH].[HH].[HH].[HH].[HH].[HH].[HH].[HH].[HH].[HH].[HH].[HH].[HH].[HH].[HH].[HH].[HH].[HH].[HH].[HH].[HH].[HH].[HH].[HH].[HH].[HH].[HH].[HH].[HH].[HH].[HH].[HH].[HH].[HH].[HH].[HH].[HH].[HH].[HH].[HH].[HH].[HH].[HH].[HH].[HH].[HH].[HH].[HH].[HH].[HH].[HH].[HH].[HH].[HH].[HH].[HH].[HH].[HH].[HH].[HH].[HH].[HH].[HH].[HH].[HH].[HH].[HH].[HH].[HH].[HH].[HH].[HH].[HH].[HH].[HH].[HH].[HH].[HH].[HH].[HH].[HH].[HH].[HH].[HH]. The van der Waals surface area contributed by atoms with Crippen LogP contribution in [0.1, 0.15) is 155 Å². The van der Waals surface area contributed by atoms with Gasteiger partial charge in [-0.3, -0.25) is 4.79 Å². The van der Waals surface area contributed by atoms with E-state index in [9.17, 15) is 4.79 Å². The highest BCUT2D eigenvalue weighted by atomic mass is 16.5. The fourth-order valence-electron chi connectivity index (χ4n) is 3.81. The molecule has 9 heteroatoms. The maximum atomic E-state index is 12.6. The van der Waals surface area contributed by atoms with Crippen molar-refractivity contribution in [3.8, 4) is 11.5 Å². The molecule has 3 aromatic rings. The summed E-state index contributed by atoms with van der Waals surface area (Å²) >= 11 is 0. The Kier molecular flexibility index (Phi) is 5.83. The summed E-state index contributed by atoms with van der Waals surface area (Å²) in [5.41, 5.74) is 6.98. The number of fused-ring (bicyclic) bond motifs is 1. The van der Waals surface area contributed by atoms with Gasteiger partial charge in [0.25, 0.3) is 5.91 Å². The average Bonchev–Trinajstić information content (AvgIpc) is 3.29. The molecule has 0 bridgehead atoms. The fraction of sp³-hybridized carbons (Fsp3) is 0.409. The Hall–Kier alpha value is -3.49. The minimum Gasteiger partial charge on any atom is -0.490 e. The molecule has 3 heterocycles. The molecule has 1 amide bonds. The Labute approximate surface area is 309 Å². The quantitative estimate of drug-likeness (QED) is 0.298. The van der Waals surface area contributed by atoms with Crippen molar-refractivity contribution in [3.05, 3.63) is 36.3 Å². The van der Waals surface area contributed by atoms with E-state index in [0.717, 1.165) is 5.39 Å². The Balaban J connectivity index is -0.00000000162. The number of aromatic nitrogens is 2. The highest BCUT2D eigenvalue weighted by Crippen LogP contribution is 2.35. The van der Waals surface area contributed by atoms with Crippen molar-refractivity contribution in [3.63, 3.8) is 0 Å². The van der Waals surface area contributed by atoms with E-state index in [4.69, 9.17) is 24.6 Å². The van der Waals surface area contributed by atoms with Crippen LogP contribution in [0.4, 0.5) is 11.8 Å². The molecule has 0 aliphatic carbocycles. The van der Waals surface area contributed by atoms with E-state index in [0.29, 0.717) is 67.4 Å². The zero-order valence-corrected chi connectivity index (χ0v) is 18.0. The van der Waals surface area contributed by atoms with Gasteiger partial charge in [-0.1, -0.05) is 0 Å². The van der Waals surface area contributed by atoms with Crippen LogP contribution in [-0.2, 0) is 0 Å². The Morgan fingerprint density at radius 3 is 2.61 bits per heavy atom. The summed E-state index contributed by atoms with van der Waals surface area (Å²) in [6, 6.07) is 7.07. The molecule has 4 rings (SSSR count). The summed E-state index contributed by atoms with van der Waals surface area (Å²) in [5.74, 6) is 2.40. The van der Waals surface area contributed by atoms with Gasteiger partial charge in [0.15, 0.2) is 17.3 Å². The van der Waals surface area contributed by atoms with E-state index < -0.39 is 0 Å². The molecule has 9 nitrogen and oxygen atoms in total. The molecular formula is C22H201N5O4. The first-order valence-electron chi connectivity index (χ1n) is 10.5. The highest BCUT2D eigenvalue weighted by Gasteiger charge is 2.30. The Morgan fingerprint density at radius 1 is 1.23 bits per heavy atom. The molecule has 1 atom stereocenters. The van der Waals surface area contributed by atoms with Gasteiger partial charge in [-0.15, -0.1) is 0 Å². The van der Waals surface area contributed by atoms with Crippen LogP contribution in [0.3, 0.4) is 0 Å². The Bertz CT molecular complexity index is 1170. The average molecular weight is 601 g/mol. The zero-order valence-electron chi connectivity index (χ0n) is 18.0. The van der Waals surface area contributed by atoms with Gasteiger partial charge in [-0.25, -0.2) is 4.98 Å². The fourth-order valence-corrected chi connectivity index (χ4v) is 3.81. The third kappa shape index (κ3) is 4.08. The molecule has 1 fully saturated rings. The smallest absolute Gasteiger partial charge is 0.289 e. The van der Waals surface area contributed by atoms with E-state index in [1.54, 1.807) is 17.0 Å². The van der Waals surface area contributed by atoms with Gasteiger partial charge in [0.05, 0.1) is 25.0 Å². The zero-order chi connectivity index (χ0) is 22.0. The van der Waals surface area contributed by atoms with E-state index in [2.05, 4.69) is 9.88 Å². The largest absolute Gasteiger partial charge is 0.490 e. The maximum absolute atomic E-state index is 12.6. The summed E-state index contributed by atoms with van der Waals surface area (Å²) in [6.07, 6.45) is 1.51. The number of ether oxygens (including phenoxy) is 2. The molecule has 1 aromatic carbocycles. The number of furan rings is 1. The third-order valence-electron chi connectivity index (χ3n) is 5.28. The van der Waals surface area contributed by atoms with E-state index in [1.807, 2.05) is 32.9 Å². The molecule has 2 N–H and O–H groups in total. The van der Waals surface area contributed by atoms with Gasteiger partial charge in [-0.2, -0.15) is 4.98 Å². The molecule has 1 unspecified atom stereocenters. The normalized spacial score (nSPS) is 16.5. The molecule has 2 aromatic heterocycles. The van der Waals surface area contributed by atoms with Gasteiger partial charge in [-0.05, 0) is 39.0 Å². The minimum atomic E-state index is -0.111.